The van der Waals surface area contributed by atoms with Crippen LogP contribution >= 0.6 is 0 Å². The van der Waals surface area contributed by atoms with Gasteiger partial charge < -0.3 is 10.6 Å². The van der Waals surface area contributed by atoms with Crippen molar-refractivity contribution in [2.24, 2.45) is 23.5 Å². The van der Waals surface area contributed by atoms with Gasteiger partial charge in [0.1, 0.15) is 0 Å². The maximum absolute atomic E-state index is 5.84. The molecule has 2 saturated carbocycles. The van der Waals surface area contributed by atoms with Gasteiger partial charge in [-0.15, -0.1) is 0 Å². The Kier molecular flexibility index (Phi) is 3.91. The van der Waals surface area contributed by atoms with Crippen LogP contribution in [0.4, 0.5) is 0 Å². The van der Waals surface area contributed by atoms with E-state index < -0.39 is 0 Å². The highest BCUT2D eigenvalue weighted by Crippen LogP contribution is 2.33. The highest BCUT2D eigenvalue weighted by Gasteiger charge is 2.31. The lowest BCUT2D eigenvalue weighted by molar-refractivity contribution is 0.0941. The quantitative estimate of drug-likeness (QED) is 0.798. The summed E-state index contributed by atoms with van der Waals surface area (Å²) in [4.78, 5) is 2.61. The first kappa shape index (κ1) is 12.4. The molecule has 0 saturated heterocycles. The molecule has 0 amide bonds. The summed E-state index contributed by atoms with van der Waals surface area (Å²) in [6.07, 6.45) is 6.73. The molecule has 0 aromatic rings. The standard InChI is InChI=1S/C14H28N2/c1-10-4-5-14(6-11(10)2)16(3)9-12-7-13(15)8-12/h10-14H,4-9,15H2,1-3H3. The maximum atomic E-state index is 5.84. The Balaban J connectivity index is 1.74. The van der Waals surface area contributed by atoms with Gasteiger partial charge in [-0.1, -0.05) is 13.8 Å². The molecule has 2 aliphatic rings. The van der Waals surface area contributed by atoms with E-state index in [9.17, 15) is 0 Å². The number of nitrogens with zero attached hydrogens (tertiary/aromatic N) is 1. The van der Waals surface area contributed by atoms with Crippen molar-refractivity contribution in [2.45, 2.75) is 58.0 Å². The molecule has 0 aliphatic heterocycles. The van der Waals surface area contributed by atoms with E-state index in [0.717, 1.165) is 23.8 Å². The minimum absolute atomic E-state index is 0.503. The van der Waals surface area contributed by atoms with Crippen molar-refractivity contribution in [1.29, 1.82) is 0 Å². The molecule has 3 unspecified atom stereocenters. The first-order valence-electron chi connectivity index (χ1n) is 7.02. The molecule has 94 valence electrons. The average molecular weight is 224 g/mol. The summed E-state index contributed by atoms with van der Waals surface area (Å²) >= 11 is 0. The lowest BCUT2D eigenvalue weighted by Crippen LogP contribution is -2.46. The first-order chi connectivity index (χ1) is 7.56. The van der Waals surface area contributed by atoms with Crippen LogP contribution in [0.5, 0.6) is 0 Å². The topological polar surface area (TPSA) is 29.3 Å². The largest absolute Gasteiger partial charge is 0.328 e. The van der Waals surface area contributed by atoms with Gasteiger partial charge in [-0.25, -0.2) is 0 Å². The molecule has 2 aliphatic carbocycles. The fraction of sp³-hybridized carbons (Fsp3) is 1.00. The Labute approximate surface area is 101 Å². The third kappa shape index (κ3) is 2.78. The molecule has 0 aromatic heterocycles. The predicted octanol–water partition coefficient (Wildman–Crippen LogP) is 2.48. The zero-order valence-electron chi connectivity index (χ0n) is 11.2. The van der Waals surface area contributed by atoms with Gasteiger partial charge >= 0.3 is 0 Å². The molecule has 2 N–H and O–H groups in total. The summed E-state index contributed by atoms with van der Waals surface area (Å²) < 4.78 is 0. The van der Waals surface area contributed by atoms with Gasteiger partial charge in [0, 0.05) is 18.6 Å². The predicted molar refractivity (Wildman–Crippen MR) is 69.3 cm³/mol. The fourth-order valence-corrected chi connectivity index (χ4v) is 3.41. The highest BCUT2D eigenvalue weighted by atomic mass is 15.1. The Hall–Kier alpha value is -0.0800. The van der Waals surface area contributed by atoms with Gasteiger partial charge in [-0.3, -0.25) is 0 Å². The van der Waals surface area contributed by atoms with Crippen LogP contribution in [0.3, 0.4) is 0 Å². The molecule has 2 rings (SSSR count). The van der Waals surface area contributed by atoms with E-state index in [-0.39, 0.29) is 0 Å². The van der Waals surface area contributed by atoms with Crippen molar-refractivity contribution >= 4 is 0 Å². The molecule has 0 heterocycles. The third-order valence-corrected chi connectivity index (χ3v) is 5.01. The molecule has 0 bridgehead atoms. The van der Waals surface area contributed by atoms with Gasteiger partial charge in [0.2, 0.25) is 0 Å². The van der Waals surface area contributed by atoms with Crippen molar-refractivity contribution in [3.8, 4) is 0 Å². The molecular formula is C14H28N2. The zero-order valence-corrected chi connectivity index (χ0v) is 11.2. The summed E-state index contributed by atoms with van der Waals surface area (Å²) in [5, 5.41) is 0. The second kappa shape index (κ2) is 5.05. The van der Waals surface area contributed by atoms with E-state index in [4.69, 9.17) is 5.73 Å². The van der Waals surface area contributed by atoms with Crippen LogP contribution in [-0.4, -0.2) is 30.6 Å². The first-order valence-corrected chi connectivity index (χ1v) is 7.02. The van der Waals surface area contributed by atoms with Crippen molar-refractivity contribution in [3.63, 3.8) is 0 Å². The number of hydrogen-bond acceptors (Lipinski definition) is 2. The molecule has 3 atom stereocenters. The second-order valence-electron chi connectivity index (χ2n) is 6.46. The minimum Gasteiger partial charge on any atom is -0.328 e. The van der Waals surface area contributed by atoms with Crippen LogP contribution in [0, 0.1) is 17.8 Å². The molecule has 2 heteroatoms. The van der Waals surface area contributed by atoms with Crippen molar-refractivity contribution in [3.05, 3.63) is 0 Å². The fourth-order valence-electron chi connectivity index (χ4n) is 3.41. The SMILES string of the molecule is CC1CCC(N(C)CC2CC(N)C2)CC1C. The third-order valence-electron chi connectivity index (χ3n) is 5.01. The Morgan fingerprint density at radius 3 is 2.31 bits per heavy atom. The van der Waals surface area contributed by atoms with E-state index in [0.29, 0.717) is 6.04 Å². The number of hydrogen-bond donors (Lipinski definition) is 1. The summed E-state index contributed by atoms with van der Waals surface area (Å²) in [7, 11) is 2.32. The van der Waals surface area contributed by atoms with Crippen LogP contribution in [0.2, 0.25) is 0 Å². The maximum Gasteiger partial charge on any atom is 0.00950 e. The van der Waals surface area contributed by atoms with Crippen LogP contribution in [0.15, 0.2) is 0 Å². The van der Waals surface area contributed by atoms with Crippen molar-refractivity contribution in [1.82, 2.24) is 4.90 Å². The molecule has 2 fully saturated rings. The van der Waals surface area contributed by atoms with E-state index in [2.05, 4.69) is 25.8 Å². The van der Waals surface area contributed by atoms with Gasteiger partial charge in [-0.2, -0.15) is 0 Å². The van der Waals surface area contributed by atoms with Crippen LogP contribution in [0.25, 0.3) is 0 Å². The second-order valence-corrected chi connectivity index (χ2v) is 6.46. The zero-order chi connectivity index (χ0) is 11.7. The Morgan fingerprint density at radius 1 is 1.06 bits per heavy atom. The molecule has 2 nitrogen and oxygen atoms in total. The van der Waals surface area contributed by atoms with Gasteiger partial charge in [-0.05, 0) is 56.9 Å². The number of nitrogens with two attached hydrogens (primary N) is 1. The molecule has 0 spiro atoms. The lowest BCUT2D eigenvalue weighted by Gasteiger charge is -2.41. The van der Waals surface area contributed by atoms with E-state index in [1.54, 1.807) is 0 Å². The average Bonchev–Trinajstić information content (AvgIpc) is 2.19. The summed E-state index contributed by atoms with van der Waals surface area (Å²) in [6, 6.07) is 1.34. The van der Waals surface area contributed by atoms with Crippen LogP contribution in [0.1, 0.15) is 46.0 Å². The van der Waals surface area contributed by atoms with Crippen molar-refractivity contribution in [2.75, 3.05) is 13.6 Å². The summed E-state index contributed by atoms with van der Waals surface area (Å²) in [5.74, 6) is 2.72. The highest BCUT2D eigenvalue weighted by molar-refractivity contribution is 4.87. The van der Waals surface area contributed by atoms with E-state index >= 15 is 0 Å². The van der Waals surface area contributed by atoms with Crippen LogP contribution in [-0.2, 0) is 0 Å². The molecule has 0 aromatic carbocycles. The smallest absolute Gasteiger partial charge is 0.00950 e. The van der Waals surface area contributed by atoms with Gasteiger partial charge in [0.05, 0.1) is 0 Å². The van der Waals surface area contributed by atoms with E-state index in [1.165, 1.54) is 38.6 Å². The molecule has 16 heavy (non-hydrogen) atoms. The lowest BCUT2D eigenvalue weighted by atomic mass is 9.77. The van der Waals surface area contributed by atoms with E-state index in [1.807, 2.05) is 0 Å². The van der Waals surface area contributed by atoms with Gasteiger partial charge in [0.15, 0.2) is 0 Å². The summed E-state index contributed by atoms with van der Waals surface area (Å²) in [6.45, 7) is 6.11. The molecule has 0 radical (unpaired) electrons. The minimum atomic E-state index is 0.503. The monoisotopic (exact) mass is 224 g/mol. The van der Waals surface area contributed by atoms with Gasteiger partial charge in [0.25, 0.3) is 0 Å². The Morgan fingerprint density at radius 2 is 1.75 bits per heavy atom. The van der Waals surface area contributed by atoms with Crippen molar-refractivity contribution < 1.29 is 0 Å². The number of rotatable bonds is 3. The molecular weight excluding hydrogens is 196 g/mol. The summed E-state index contributed by atoms with van der Waals surface area (Å²) in [5.41, 5.74) is 5.84. The van der Waals surface area contributed by atoms with Crippen LogP contribution < -0.4 is 5.73 Å². The normalized spacial score (nSPS) is 44.4. The Bertz CT molecular complexity index is 223.